The van der Waals surface area contributed by atoms with Crippen LogP contribution in [0, 0.1) is 5.92 Å². The largest absolute Gasteiger partial charge is 0.465 e. The number of hydrogen-bond donors (Lipinski definition) is 2. The van der Waals surface area contributed by atoms with Gasteiger partial charge >= 0.3 is 6.09 Å². The average Bonchev–Trinajstić information content (AvgIpc) is 2.67. The fourth-order valence-corrected chi connectivity index (χ4v) is 5.89. The Morgan fingerprint density at radius 1 is 1.14 bits per heavy atom. The van der Waals surface area contributed by atoms with E-state index in [2.05, 4.69) is 4.72 Å². The van der Waals surface area contributed by atoms with Gasteiger partial charge in [-0.05, 0) is 37.0 Å². The fourth-order valence-electron chi connectivity index (χ4n) is 3.15. The molecule has 28 heavy (non-hydrogen) atoms. The van der Waals surface area contributed by atoms with Crippen LogP contribution in [0.5, 0.6) is 0 Å². The Kier molecular flexibility index (Phi) is 7.43. The summed E-state index contributed by atoms with van der Waals surface area (Å²) >= 11 is 0. The molecule has 11 heteroatoms. The van der Waals surface area contributed by atoms with Gasteiger partial charge in [0.2, 0.25) is 20.0 Å². The van der Waals surface area contributed by atoms with E-state index in [4.69, 9.17) is 5.11 Å². The Balaban J connectivity index is 2.09. The van der Waals surface area contributed by atoms with Crippen molar-refractivity contribution in [3.63, 3.8) is 0 Å². The maximum absolute atomic E-state index is 12.6. The number of hydrogen-bond acceptors (Lipinski definition) is 5. The Bertz CT molecular complexity index is 889. The SMILES string of the molecule is CCN(CC)S(=O)(=O)c1cccc(S(=O)(=O)NCC2CCN(C(=O)O)CC2)c1. The van der Waals surface area contributed by atoms with Gasteiger partial charge in [-0.2, -0.15) is 4.31 Å². The van der Waals surface area contributed by atoms with Crippen LogP contribution in [0.3, 0.4) is 0 Å². The first-order valence-electron chi connectivity index (χ1n) is 9.19. The summed E-state index contributed by atoms with van der Waals surface area (Å²) in [5.41, 5.74) is 0. The van der Waals surface area contributed by atoms with Crippen molar-refractivity contribution in [1.29, 1.82) is 0 Å². The van der Waals surface area contributed by atoms with Crippen LogP contribution in [0.1, 0.15) is 26.7 Å². The molecule has 1 aromatic rings. The highest BCUT2D eigenvalue weighted by molar-refractivity contribution is 7.90. The zero-order chi connectivity index (χ0) is 20.9. The van der Waals surface area contributed by atoms with E-state index in [0.29, 0.717) is 39.0 Å². The molecule has 2 rings (SSSR count). The van der Waals surface area contributed by atoms with Gasteiger partial charge in [0, 0.05) is 32.7 Å². The van der Waals surface area contributed by atoms with Crippen LogP contribution in [-0.4, -0.2) is 70.0 Å². The molecule has 1 aliphatic rings. The Morgan fingerprint density at radius 2 is 1.71 bits per heavy atom. The van der Waals surface area contributed by atoms with Crippen LogP contribution in [0.15, 0.2) is 34.1 Å². The molecule has 158 valence electrons. The standard InChI is InChI=1S/C17H27N3O6S2/c1-3-20(4-2)28(25,26)16-7-5-6-15(12-16)27(23,24)18-13-14-8-10-19(11-9-14)17(21)22/h5-7,12,14,18H,3-4,8-11,13H2,1-2H3,(H,21,22). The van der Waals surface area contributed by atoms with Gasteiger partial charge in [0.05, 0.1) is 9.79 Å². The van der Waals surface area contributed by atoms with Crippen molar-refractivity contribution in [3.05, 3.63) is 24.3 Å². The minimum absolute atomic E-state index is 0.0352. The first-order chi connectivity index (χ1) is 13.1. The van der Waals surface area contributed by atoms with Crippen molar-refractivity contribution in [1.82, 2.24) is 13.9 Å². The summed E-state index contributed by atoms with van der Waals surface area (Å²) in [6.07, 6.45) is 0.182. The number of nitrogens with one attached hydrogen (secondary N) is 1. The predicted octanol–water partition coefficient (Wildman–Crippen LogP) is 1.39. The molecule has 0 unspecified atom stereocenters. The molecular weight excluding hydrogens is 406 g/mol. The molecular formula is C17H27N3O6S2. The van der Waals surface area contributed by atoms with Gasteiger partial charge in [-0.25, -0.2) is 26.4 Å². The summed E-state index contributed by atoms with van der Waals surface area (Å²) in [4.78, 5) is 12.1. The number of benzene rings is 1. The van der Waals surface area contributed by atoms with Crippen LogP contribution in [0.25, 0.3) is 0 Å². The number of amides is 1. The van der Waals surface area contributed by atoms with Crippen LogP contribution < -0.4 is 4.72 Å². The van der Waals surface area contributed by atoms with Gasteiger partial charge in [0.25, 0.3) is 0 Å². The lowest BCUT2D eigenvalue weighted by Crippen LogP contribution is -2.40. The number of piperidine rings is 1. The summed E-state index contributed by atoms with van der Waals surface area (Å²) in [7, 11) is -7.63. The molecule has 1 amide bonds. The summed E-state index contributed by atoms with van der Waals surface area (Å²) in [6, 6.07) is 5.32. The fraction of sp³-hybridized carbons (Fsp3) is 0.588. The summed E-state index contributed by atoms with van der Waals surface area (Å²) < 4.78 is 54.3. The number of carboxylic acid groups (broad SMARTS) is 1. The summed E-state index contributed by atoms with van der Waals surface area (Å²) in [5, 5.41) is 8.96. The average molecular weight is 434 g/mol. The smallest absolute Gasteiger partial charge is 0.407 e. The third-order valence-electron chi connectivity index (χ3n) is 4.91. The molecule has 9 nitrogen and oxygen atoms in total. The third kappa shape index (κ3) is 5.22. The molecule has 0 aromatic heterocycles. The number of rotatable bonds is 8. The quantitative estimate of drug-likeness (QED) is 0.638. The lowest BCUT2D eigenvalue weighted by molar-refractivity contribution is 0.125. The van der Waals surface area contributed by atoms with Gasteiger partial charge < -0.3 is 10.0 Å². The lowest BCUT2D eigenvalue weighted by atomic mass is 9.97. The molecule has 1 saturated heterocycles. The molecule has 1 fully saturated rings. The Labute approximate surface area is 166 Å². The van der Waals surface area contributed by atoms with Crippen LogP contribution >= 0.6 is 0 Å². The second-order valence-corrected chi connectivity index (χ2v) is 10.3. The maximum atomic E-state index is 12.6. The number of likely N-dealkylation sites (tertiary alicyclic amines) is 1. The van der Waals surface area contributed by atoms with E-state index in [-0.39, 0.29) is 22.3 Å². The highest BCUT2D eigenvalue weighted by Gasteiger charge is 2.26. The summed E-state index contributed by atoms with van der Waals surface area (Å²) in [5.74, 6) is 0.0352. The number of sulfonamides is 2. The Hall–Kier alpha value is -1.69. The van der Waals surface area contributed by atoms with Gasteiger partial charge in [0.15, 0.2) is 0 Å². The summed E-state index contributed by atoms with van der Waals surface area (Å²) in [6.45, 7) is 4.96. The molecule has 0 bridgehead atoms. The van der Waals surface area contributed by atoms with E-state index in [9.17, 15) is 21.6 Å². The van der Waals surface area contributed by atoms with Gasteiger partial charge in [-0.1, -0.05) is 19.9 Å². The van der Waals surface area contributed by atoms with Crippen LogP contribution in [0.4, 0.5) is 4.79 Å². The molecule has 0 radical (unpaired) electrons. The van der Waals surface area contributed by atoms with Crippen molar-refractivity contribution in [2.24, 2.45) is 5.92 Å². The van der Waals surface area contributed by atoms with E-state index in [1.807, 2.05) is 0 Å². The van der Waals surface area contributed by atoms with E-state index in [0.717, 1.165) is 0 Å². The molecule has 1 heterocycles. The van der Waals surface area contributed by atoms with Crippen molar-refractivity contribution < 1.29 is 26.7 Å². The Morgan fingerprint density at radius 3 is 2.25 bits per heavy atom. The highest BCUT2D eigenvalue weighted by atomic mass is 32.2. The molecule has 1 aliphatic heterocycles. The molecule has 1 aromatic carbocycles. The molecule has 2 N–H and O–H groups in total. The lowest BCUT2D eigenvalue weighted by Gasteiger charge is -2.29. The molecule has 0 saturated carbocycles. The van der Waals surface area contributed by atoms with Gasteiger partial charge in [0.1, 0.15) is 0 Å². The first-order valence-corrected chi connectivity index (χ1v) is 12.1. The van der Waals surface area contributed by atoms with E-state index in [1.165, 1.54) is 33.5 Å². The topological polar surface area (TPSA) is 124 Å². The minimum Gasteiger partial charge on any atom is -0.465 e. The number of nitrogens with zero attached hydrogens (tertiary/aromatic N) is 2. The zero-order valence-corrected chi connectivity index (χ0v) is 17.7. The van der Waals surface area contributed by atoms with Crippen molar-refractivity contribution >= 4 is 26.1 Å². The van der Waals surface area contributed by atoms with Crippen molar-refractivity contribution in [2.75, 3.05) is 32.7 Å². The van der Waals surface area contributed by atoms with Crippen LogP contribution in [0.2, 0.25) is 0 Å². The van der Waals surface area contributed by atoms with Gasteiger partial charge in [-0.15, -0.1) is 0 Å². The van der Waals surface area contributed by atoms with Crippen molar-refractivity contribution in [2.45, 2.75) is 36.5 Å². The molecule has 0 atom stereocenters. The first kappa shape index (κ1) is 22.6. The minimum atomic E-state index is -3.87. The molecule has 0 aliphatic carbocycles. The normalized spacial score (nSPS) is 16.5. The zero-order valence-electron chi connectivity index (χ0n) is 16.0. The second kappa shape index (κ2) is 9.21. The van der Waals surface area contributed by atoms with E-state index >= 15 is 0 Å². The number of carbonyl (C=O) groups is 1. The molecule has 0 spiro atoms. The monoisotopic (exact) mass is 433 g/mol. The second-order valence-electron chi connectivity index (χ2n) is 6.63. The third-order valence-corrected chi connectivity index (χ3v) is 8.37. The maximum Gasteiger partial charge on any atom is 0.407 e. The van der Waals surface area contributed by atoms with Gasteiger partial charge in [-0.3, -0.25) is 0 Å². The van der Waals surface area contributed by atoms with E-state index in [1.54, 1.807) is 13.8 Å². The predicted molar refractivity (Wildman–Crippen MR) is 104 cm³/mol. The van der Waals surface area contributed by atoms with E-state index < -0.39 is 26.1 Å². The highest BCUT2D eigenvalue weighted by Crippen LogP contribution is 2.21. The van der Waals surface area contributed by atoms with Crippen LogP contribution in [-0.2, 0) is 20.0 Å². The van der Waals surface area contributed by atoms with Crippen molar-refractivity contribution in [3.8, 4) is 0 Å².